The fraction of sp³-hybridized carbons (Fsp3) is 0.455. The van der Waals surface area contributed by atoms with Crippen LogP contribution in [0.3, 0.4) is 0 Å². The van der Waals surface area contributed by atoms with Gasteiger partial charge in [-0.15, -0.1) is 0 Å². The summed E-state index contributed by atoms with van der Waals surface area (Å²) in [6.07, 6.45) is -2.56. The van der Waals surface area contributed by atoms with Crippen molar-refractivity contribution in [2.45, 2.75) is 18.2 Å². The number of nitrogen functional groups attached to an aromatic ring is 1. The molecule has 0 aliphatic carbocycles. The molecule has 0 saturated heterocycles. The molecule has 0 bridgehead atoms. The van der Waals surface area contributed by atoms with E-state index in [0.29, 0.717) is 11.3 Å². The molecule has 0 radical (unpaired) electrons. The van der Waals surface area contributed by atoms with Crippen LogP contribution in [0.1, 0.15) is 5.56 Å². The molecule has 1 rings (SSSR count). The Balaban J connectivity index is 2.56. The van der Waals surface area contributed by atoms with Crippen LogP contribution in [0, 0.1) is 6.92 Å². The van der Waals surface area contributed by atoms with Crippen molar-refractivity contribution in [3.63, 3.8) is 0 Å². The normalized spacial score (nSPS) is 12.0. The van der Waals surface area contributed by atoms with E-state index in [9.17, 15) is 17.2 Å². The highest BCUT2D eigenvalue weighted by Gasteiger charge is 2.16. The molecule has 0 atom stereocenters. The highest BCUT2D eigenvalue weighted by atomic mass is 32.2. The number of halogens is 2. The van der Waals surface area contributed by atoms with Crippen LogP contribution in [0.4, 0.5) is 14.5 Å². The van der Waals surface area contributed by atoms with Crippen molar-refractivity contribution in [1.29, 1.82) is 0 Å². The van der Waals surface area contributed by atoms with Crippen LogP contribution in [-0.4, -0.2) is 34.6 Å². The molecule has 0 spiro atoms. The quantitative estimate of drug-likeness (QED) is 0.583. The number of nitrogens with one attached hydrogen (secondary N) is 1. The zero-order valence-electron chi connectivity index (χ0n) is 10.4. The number of hydrogen-bond acceptors (Lipinski definition) is 4. The van der Waals surface area contributed by atoms with Gasteiger partial charge in [0.1, 0.15) is 6.61 Å². The van der Waals surface area contributed by atoms with Gasteiger partial charge >= 0.3 is 0 Å². The molecule has 8 heteroatoms. The number of ether oxygens (including phenoxy) is 1. The first-order chi connectivity index (χ1) is 8.83. The van der Waals surface area contributed by atoms with Crippen LogP contribution in [-0.2, 0) is 14.8 Å². The second kappa shape index (κ2) is 6.78. The molecular formula is C11H16F2N2O3S. The van der Waals surface area contributed by atoms with Gasteiger partial charge < -0.3 is 10.5 Å². The van der Waals surface area contributed by atoms with E-state index in [2.05, 4.69) is 9.46 Å². The Hall–Kier alpha value is -1.25. The minimum atomic E-state index is -3.68. The molecule has 3 N–H and O–H groups in total. The van der Waals surface area contributed by atoms with E-state index >= 15 is 0 Å². The minimum Gasteiger partial charge on any atom is -0.399 e. The van der Waals surface area contributed by atoms with E-state index in [0.717, 1.165) is 0 Å². The molecule has 0 unspecified atom stereocenters. The van der Waals surface area contributed by atoms with Crippen LogP contribution < -0.4 is 10.5 Å². The standard InChI is InChI=1S/C11H16F2N2O3S/c1-8-6-9(14)2-3-10(8)19(16,17)15-4-5-18-7-11(12)13/h2-3,6,11,15H,4-5,7,14H2,1H3. The predicted octanol–water partition coefficient (Wildman–Crippen LogP) is 1.14. The van der Waals surface area contributed by atoms with Crippen LogP contribution in [0.5, 0.6) is 0 Å². The zero-order chi connectivity index (χ0) is 14.5. The average Bonchev–Trinajstić information content (AvgIpc) is 2.27. The highest BCUT2D eigenvalue weighted by Crippen LogP contribution is 2.17. The van der Waals surface area contributed by atoms with Gasteiger partial charge in [0.25, 0.3) is 6.43 Å². The van der Waals surface area contributed by atoms with E-state index in [1.54, 1.807) is 13.0 Å². The summed E-state index contributed by atoms with van der Waals surface area (Å²) in [6, 6.07) is 4.42. The molecule has 0 aromatic heterocycles. The van der Waals surface area contributed by atoms with Gasteiger partial charge in [0.15, 0.2) is 0 Å². The number of alkyl halides is 2. The topological polar surface area (TPSA) is 81.4 Å². The highest BCUT2D eigenvalue weighted by molar-refractivity contribution is 7.89. The van der Waals surface area contributed by atoms with Crippen LogP contribution >= 0.6 is 0 Å². The van der Waals surface area contributed by atoms with Crippen molar-refractivity contribution in [2.75, 3.05) is 25.5 Å². The van der Waals surface area contributed by atoms with Gasteiger partial charge in [0, 0.05) is 12.2 Å². The van der Waals surface area contributed by atoms with E-state index in [-0.39, 0.29) is 18.0 Å². The Labute approximate surface area is 110 Å². The molecule has 1 aromatic carbocycles. The molecule has 0 aliphatic heterocycles. The smallest absolute Gasteiger partial charge is 0.261 e. The SMILES string of the molecule is Cc1cc(N)ccc1S(=O)(=O)NCCOCC(F)F. The summed E-state index contributed by atoms with van der Waals surface area (Å²) in [6.45, 7) is 0.733. The average molecular weight is 294 g/mol. The number of rotatable bonds is 7. The molecule has 1 aromatic rings. The van der Waals surface area contributed by atoms with Crippen LogP contribution in [0.25, 0.3) is 0 Å². The molecule has 0 fully saturated rings. The molecular weight excluding hydrogens is 278 g/mol. The monoisotopic (exact) mass is 294 g/mol. The van der Waals surface area contributed by atoms with Crippen molar-refractivity contribution in [1.82, 2.24) is 4.72 Å². The second-order valence-corrected chi connectivity index (χ2v) is 5.62. The van der Waals surface area contributed by atoms with Crippen molar-refractivity contribution in [3.05, 3.63) is 23.8 Å². The molecule has 5 nitrogen and oxygen atoms in total. The van der Waals surface area contributed by atoms with E-state index in [4.69, 9.17) is 5.73 Å². The van der Waals surface area contributed by atoms with Gasteiger partial charge in [-0.3, -0.25) is 0 Å². The summed E-state index contributed by atoms with van der Waals surface area (Å²) in [4.78, 5) is 0.107. The second-order valence-electron chi connectivity index (χ2n) is 3.89. The lowest BCUT2D eigenvalue weighted by molar-refractivity contribution is 0.0199. The molecule has 0 aliphatic rings. The number of aryl methyl sites for hydroxylation is 1. The lowest BCUT2D eigenvalue weighted by Crippen LogP contribution is -2.28. The molecule has 0 amide bonds. The maximum absolute atomic E-state index is 11.9. The number of sulfonamides is 1. The molecule has 108 valence electrons. The summed E-state index contributed by atoms with van der Waals surface area (Å²) < 4.78 is 54.2. The fourth-order valence-electron chi connectivity index (χ4n) is 1.47. The van der Waals surface area contributed by atoms with Crippen molar-refractivity contribution in [3.8, 4) is 0 Å². The Kier molecular flexibility index (Phi) is 5.64. The van der Waals surface area contributed by atoms with Gasteiger partial charge in [-0.25, -0.2) is 21.9 Å². The van der Waals surface area contributed by atoms with E-state index in [1.807, 2.05) is 0 Å². The fourth-order valence-corrected chi connectivity index (χ4v) is 2.71. The zero-order valence-corrected chi connectivity index (χ0v) is 11.2. The van der Waals surface area contributed by atoms with Gasteiger partial charge in [0.05, 0.1) is 11.5 Å². The van der Waals surface area contributed by atoms with Gasteiger partial charge in [-0.05, 0) is 30.7 Å². The molecule has 0 heterocycles. The number of hydrogen-bond donors (Lipinski definition) is 2. The Morgan fingerprint density at radius 1 is 1.42 bits per heavy atom. The Bertz CT molecular complexity index is 521. The summed E-state index contributed by atoms with van der Waals surface area (Å²) in [5.41, 5.74) is 6.52. The van der Waals surface area contributed by atoms with Crippen LogP contribution in [0.15, 0.2) is 23.1 Å². The van der Waals surface area contributed by atoms with Crippen molar-refractivity contribution < 1.29 is 21.9 Å². The van der Waals surface area contributed by atoms with Crippen LogP contribution in [0.2, 0.25) is 0 Å². The number of anilines is 1. The Morgan fingerprint density at radius 2 is 2.11 bits per heavy atom. The third-order valence-electron chi connectivity index (χ3n) is 2.27. The maximum Gasteiger partial charge on any atom is 0.261 e. The first kappa shape index (κ1) is 15.8. The largest absolute Gasteiger partial charge is 0.399 e. The van der Waals surface area contributed by atoms with Gasteiger partial charge in [0.2, 0.25) is 10.0 Å². The third kappa shape index (κ3) is 5.09. The lowest BCUT2D eigenvalue weighted by Gasteiger charge is -2.10. The Morgan fingerprint density at radius 3 is 2.68 bits per heavy atom. The first-order valence-corrected chi connectivity index (χ1v) is 7.03. The maximum atomic E-state index is 11.9. The van der Waals surface area contributed by atoms with Gasteiger partial charge in [-0.1, -0.05) is 0 Å². The number of nitrogens with two attached hydrogens (primary N) is 1. The summed E-state index contributed by atoms with van der Waals surface area (Å²) in [5.74, 6) is 0. The molecule has 19 heavy (non-hydrogen) atoms. The predicted molar refractivity (Wildman–Crippen MR) is 67.6 cm³/mol. The summed E-state index contributed by atoms with van der Waals surface area (Å²) in [5, 5.41) is 0. The van der Waals surface area contributed by atoms with E-state index in [1.165, 1.54) is 12.1 Å². The number of benzene rings is 1. The lowest BCUT2D eigenvalue weighted by atomic mass is 10.2. The molecule has 0 saturated carbocycles. The third-order valence-corrected chi connectivity index (χ3v) is 3.89. The minimum absolute atomic E-state index is 0.0706. The van der Waals surface area contributed by atoms with Gasteiger partial charge in [-0.2, -0.15) is 0 Å². The first-order valence-electron chi connectivity index (χ1n) is 5.54. The van der Waals surface area contributed by atoms with Crippen molar-refractivity contribution in [2.24, 2.45) is 0 Å². The summed E-state index contributed by atoms with van der Waals surface area (Å²) >= 11 is 0. The van der Waals surface area contributed by atoms with E-state index < -0.39 is 23.1 Å². The van der Waals surface area contributed by atoms with Crippen molar-refractivity contribution >= 4 is 15.7 Å². The summed E-state index contributed by atoms with van der Waals surface area (Å²) in [7, 11) is -3.68.